The molecule has 0 atom stereocenters. The maximum atomic E-state index is 11.1. The minimum absolute atomic E-state index is 0.177. The number of amides is 1. The average molecular weight is 248 g/mol. The van der Waals surface area contributed by atoms with Crippen molar-refractivity contribution in [2.45, 2.75) is 6.42 Å². The zero-order chi connectivity index (χ0) is 13.2. The Morgan fingerprint density at radius 2 is 2.00 bits per heavy atom. The lowest BCUT2D eigenvalue weighted by Gasteiger charge is -2.06. The molecule has 1 aromatic carbocycles. The molecule has 0 bridgehead atoms. The summed E-state index contributed by atoms with van der Waals surface area (Å²) < 4.78 is 0. The fourth-order valence-corrected chi connectivity index (χ4v) is 1.24. The Labute approximate surface area is 106 Å². The SMILES string of the molecule is C=CC(=O)NCC(=O)ONCCc1ccccc1. The lowest BCUT2D eigenvalue weighted by Crippen LogP contribution is -2.32. The normalized spacial score (nSPS) is 9.56. The molecule has 0 aromatic heterocycles. The first kappa shape index (κ1) is 13.9. The van der Waals surface area contributed by atoms with Crippen molar-refractivity contribution >= 4 is 11.9 Å². The predicted molar refractivity (Wildman–Crippen MR) is 67.4 cm³/mol. The van der Waals surface area contributed by atoms with Gasteiger partial charge in [0.15, 0.2) is 0 Å². The summed E-state index contributed by atoms with van der Waals surface area (Å²) in [4.78, 5) is 26.6. The van der Waals surface area contributed by atoms with E-state index in [-0.39, 0.29) is 6.54 Å². The highest BCUT2D eigenvalue weighted by Gasteiger charge is 2.03. The molecule has 0 aliphatic rings. The zero-order valence-electron chi connectivity index (χ0n) is 10.0. The maximum Gasteiger partial charge on any atom is 0.344 e. The molecule has 5 heteroatoms. The van der Waals surface area contributed by atoms with Crippen LogP contribution in [0.25, 0.3) is 0 Å². The Bertz CT molecular complexity index is 404. The van der Waals surface area contributed by atoms with Gasteiger partial charge >= 0.3 is 5.97 Å². The van der Waals surface area contributed by atoms with Gasteiger partial charge < -0.3 is 10.2 Å². The van der Waals surface area contributed by atoms with E-state index in [9.17, 15) is 9.59 Å². The van der Waals surface area contributed by atoms with Crippen LogP contribution in [-0.4, -0.2) is 25.0 Å². The van der Waals surface area contributed by atoms with Crippen LogP contribution in [0.1, 0.15) is 5.56 Å². The summed E-state index contributed by atoms with van der Waals surface area (Å²) in [6, 6.07) is 9.83. The van der Waals surface area contributed by atoms with E-state index in [4.69, 9.17) is 4.84 Å². The summed E-state index contributed by atoms with van der Waals surface area (Å²) in [5, 5.41) is 2.32. The van der Waals surface area contributed by atoms with Crippen molar-refractivity contribution in [1.29, 1.82) is 0 Å². The number of benzene rings is 1. The van der Waals surface area contributed by atoms with Crippen molar-refractivity contribution < 1.29 is 14.4 Å². The highest BCUT2D eigenvalue weighted by Crippen LogP contribution is 1.97. The molecule has 0 heterocycles. The second-order valence-electron chi connectivity index (χ2n) is 3.53. The van der Waals surface area contributed by atoms with Crippen LogP contribution in [0.2, 0.25) is 0 Å². The van der Waals surface area contributed by atoms with Crippen molar-refractivity contribution in [3.05, 3.63) is 48.6 Å². The van der Waals surface area contributed by atoms with Gasteiger partial charge in [-0.25, -0.2) is 4.79 Å². The van der Waals surface area contributed by atoms with E-state index >= 15 is 0 Å². The number of carbonyl (C=O) groups excluding carboxylic acids is 2. The summed E-state index contributed by atoms with van der Waals surface area (Å²) in [7, 11) is 0. The van der Waals surface area contributed by atoms with Gasteiger partial charge in [-0.05, 0) is 18.1 Å². The van der Waals surface area contributed by atoms with Gasteiger partial charge in [0.1, 0.15) is 6.54 Å². The first-order chi connectivity index (χ1) is 8.72. The molecular weight excluding hydrogens is 232 g/mol. The van der Waals surface area contributed by atoms with Crippen LogP contribution in [0.15, 0.2) is 43.0 Å². The molecule has 96 valence electrons. The van der Waals surface area contributed by atoms with Gasteiger partial charge in [0.05, 0.1) is 0 Å². The number of hydrogen-bond donors (Lipinski definition) is 2. The van der Waals surface area contributed by atoms with E-state index in [0.717, 1.165) is 18.1 Å². The third-order valence-corrected chi connectivity index (χ3v) is 2.14. The van der Waals surface area contributed by atoms with Crippen molar-refractivity contribution in [3.63, 3.8) is 0 Å². The standard InChI is InChI=1S/C13H16N2O3/c1-2-12(16)14-10-13(17)18-15-9-8-11-6-4-3-5-7-11/h2-7,15H,1,8-10H2,(H,14,16). The average Bonchev–Trinajstić information content (AvgIpc) is 2.42. The second-order valence-corrected chi connectivity index (χ2v) is 3.53. The first-order valence-electron chi connectivity index (χ1n) is 5.59. The molecule has 0 unspecified atom stereocenters. The summed E-state index contributed by atoms with van der Waals surface area (Å²) in [5.74, 6) is -0.950. The maximum absolute atomic E-state index is 11.1. The molecule has 0 fully saturated rings. The fraction of sp³-hybridized carbons (Fsp3) is 0.231. The number of rotatable bonds is 7. The Kier molecular flexibility index (Phi) is 6.21. The van der Waals surface area contributed by atoms with E-state index in [1.807, 2.05) is 30.3 Å². The van der Waals surface area contributed by atoms with Crippen molar-refractivity contribution in [3.8, 4) is 0 Å². The Balaban J connectivity index is 2.09. The lowest BCUT2D eigenvalue weighted by molar-refractivity contribution is -0.150. The predicted octanol–water partition coefficient (Wildman–Crippen LogP) is 0.579. The minimum Gasteiger partial charge on any atom is -0.369 e. The zero-order valence-corrected chi connectivity index (χ0v) is 10.0. The van der Waals surface area contributed by atoms with Crippen LogP contribution in [0.4, 0.5) is 0 Å². The summed E-state index contributed by atoms with van der Waals surface area (Å²) in [6.45, 7) is 3.61. The molecule has 0 radical (unpaired) electrons. The number of hydroxylamine groups is 1. The van der Waals surface area contributed by atoms with E-state index in [2.05, 4.69) is 17.4 Å². The monoisotopic (exact) mass is 248 g/mol. The molecule has 5 nitrogen and oxygen atoms in total. The number of carbonyl (C=O) groups is 2. The quantitative estimate of drug-likeness (QED) is 0.421. The Morgan fingerprint density at radius 3 is 2.67 bits per heavy atom. The third kappa shape index (κ3) is 5.81. The van der Waals surface area contributed by atoms with Crippen LogP contribution in [0, 0.1) is 0 Å². The smallest absolute Gasteiger partial charge is 0.344 e. The van der Waals surface area contributed by atoms with Crippen LogP contribution < -0.4 is 10.8 Å². The van der Waals surface area contributed by atoms with Gasteiger partial charge in [-0.2, -0.15) is 5.48 Å². The van der Waals surface area contributed by atoms with Crippen molar-refractivity contribution in [1.82, 2.24) is 10.8 Å². The molecule has 1 aromatic rings. The molecule has 0 aliphatic heterocycles. The highest BCUT2D eigenvalue weighted by atomic mass is 16.7. The molecule has 0 saturated heterocycles. The number of nitrogens with one attached hydrogen (secondary N) is 2. The lowest BCUT2D eigenvalue weighted by atomic mass is 10.2. The van der Waals surface area contributed by atoms with Crippen LogP contribution in [-0.2, 0) is 20.8 Å². The van der Waals surface area contributed by atoms with E-state index in [1.165, 1.54) is 0 Å². The molecule has 18 heavy (non-hydrogen) atoms. The van der Waals surface area contributed by atoms with Crippen molar-refractivity contribution in [2.75, 3.05) is 13.1 Å². The fourth-order valence-electron chi connectivity index (χ4n) is 1.24. The van der Waals surface area contributed by atoms with Crippen molar-refractivity contribution in [2.24, 2.45) is 0 Å². The Morgan fingerprint density at radius 1 is 1.28 bits per heavy atom. The van der Waals surface area contributed by atoms with Gasteiger partial charge in [0.25, 0.3) is 0 Å². The Hall–Kier alpha value is -2.14. The second kappa shape index (κ2) is 8.03. The van der Waals surface area contributed by atoms with E-state index in [0.29, 0.717) is 6.54 Å². The molecule has 0 saturated carbocycles. The summed E-state index contributed by atoms with van der Waals surface area (Å²) in [5.41, 5.74) is 3.70. The van der Waals surface area contributed by atoms with E-state index in [1.54, 1.807) is 0 Å². The molecule has 1 rings (SSSR count). The topological polar surface area (TPSA) is 67.4 Å². The third-order valence-electron chi connectivity index (χ3n) is 2.14. The highest BCUT2D eigenvalue weighted by molar-refractivity contribution is 5.89. The largest absolute Gasteiger partial charge is 0.369 e. The van der Waals surface area contributed by atoms with Gasteiger partial charge in [-0.3, -0.25) is 4.79 Å². The van der Waals surface area contributed by atoms with Crippen LogP contribution in [0.5, 0.6) is 0 Å². The molecule has 0 aliphatic carbocycles. The molecule has 2 N–H and O–H groups in total. The van der Waals surface area contributed by atoms with Gasteiger partial charge in [-0.1, -0.05) is 36.9 Å². The number of hydrogen-bond acceptors (Lipinski definition) is 4. The van der Waals surface area contributed by atoms with Gasteiger partial charge in [0, 0.05) is 6.54 Å². The molecular formula is C13H16N2O3. The van der Waals surface area contributed by atoms with Crippen LogP contribution >= 0.6 is 0 Å². The molecule has 0 spiro atoms. The van der Waals surface area contributed by atoms with Gasteiger partial charge in [0.2, 0.25) is 5.91 Å². The summed E-state index contributed by atoms with van der Waals surface area (Å²) >= 11 is 0. The summed E-state index contributed by atoms with van der Waals surface area (Å²) in [6.07, 6.45) is 1.85. The van der Waals surface area contributed by atoms with E-state index < -0.39 is 11.9 Å². The van der Waals surface area contributed by atoms with Crippen LogP contribution in [0.3, 0.4) is 0 Å². The molecule has 1 amide bonds. The minimum atomic E-state index is -0.543. The first-order valence-corrected chi connectivity index (χ1v) is 5.59. The van der Waals surface area contributed by atoms with Gasteiger partial charge in [-0.15, -0.1) is 0 Å².